The topological polar surface area (TPSA) is 12.0 Å². The van der Waals surface area contributed by atoms with Gasteiger partial charge < -0.3 is 5.32 Å². The van der Waals surface area contributed by atoms with E-state index < -0.39 is 0 Å². The van der Waals surface area contributed by atoms with Crippen molar-refractivity contribution in [1.29, 1.82) is 0 Å². The molecule has 1 aromatic carbocycles. The summed E-state index contributed by atoms with van der Waals surface area (Å²) in [5.41, 5.74) is 4.24. The zero-order valence-corrected chi connectivity index (χ0v) is 13.0. The average molecular weight is 289 g/mol. The summed E-state index contributed by atoms with van der Waals surface area (Å²) in [5, 5.41) is 3.47. The van der Waals surface area contributed by atoms with Crippen LogP contribution in [0.15, 0.2) is 30.3 Å². The molecule has 0 aliphatic carbocycles. The highest BCUT2D eigenvalue weighted by molar-refractivity contribution is 7.98. The number of benzene rings is 1. The number of thiophene rings is 1. The maximum Gasteiger partial charge on any atom is 0.0668 e. The minimum absolute atomic E-state index is 0.334. The third-order valence-corrected chi connectivity index (χ3v) is 5.94. The Balaban J connectivity index is 1.93. The molecule has 2 aromatic rings. The zero-order chi connectivity index (χ0) is 13.2. The van der Waals surface area contributed by atoms with Crippen LogP contribution >= 0.6 is 23.1 Å². The number of fused-ring (bicyclic) bond motifs is 1. The predicted molar refractivity (Wildman–Crippen MR) is 86.3 cm³/mol. The van der Waals surface area contributed by atoms with E-state index in [0.29, 0.717) is 6.04 Å². The van der Waals surface area contributed by atoms with Gasteiger partial charge in [-0.1, -0.05) is 29.8 Å². The van der Waals surface area contributed by atoms with Crippen LogP contribution in [0.5, 0.6) is 0 Å². The van der Waals surface area contributed by atoms with Crippen molar-refractivity contribution in [2.24, 2.45) is 0 Å². The van der Waals surface area contributed by atoms with Crippen LogP contribution in [-0.4, -0.2) is 12.8 Å². The van der Waals surface area contributed by atoms with E-state index in [9.17, 15) is 0 Å². The molecule has 0 radical (unpaired) electrons. The standard InChI is InChI=1S/C16H19NS2/c1-11-3-5-12(6-4-11)16(17-2)15-9-13-10-18-8-7-14(13)19-15/h3-6,9,16-17H,7-8,10H2,1-2H3. The minimum atomic E-state index is 0.334. The maximum absolute atomic E-state index is 3.47. The molecule has 0 bridgehead atoms. The van der Waals surface area contributed by atoms with Crippen molar-refractivity contribution in [3.8, 4) is 0 Å². The second-order valence-electron chi connectivity index (χ2n) is 5.03. The monoisotopic (exact) mass is 289 g/mol. The van der Waals surface area contributed by atoms with Crippen LogP contribution < -0.4 is 5.32 Å². The van der Waals surface area contributed by atoms with E-state index in [0.717, 1.165) is 0 Å². The number of nitrogens with one attached hydrogen (secondary N) is 1. The molecule has 1 N–H and O–H groups in total. The van der Waals surface area contributed by atoms with Crippen molar-refractivity contribution < 1.29 is 0 Å². The lowest BCUT2D eigenvalue weighted by atomic mass is 10.0. The van der Waals surface area contributed by atoms with E-state index in [4.69, 9.17) is 0 Å². The molecule has 1 aromatic heterocycles. The van der Waals surface area contributed by atoms with Crippen LogP contribution in [0.1, 0.15) is 32.5 Å². The van der Waals surface area contributed by atoms with Gasteiger partial charge >= 0.3 is 0 Å². The predicted octanol–water partition coefficient (Wildman–Crippen LogP) is 4.15. The molecule has 1 aliphatic rings. The lowest BCUT2D eigenvalue weighted by Gasteiger charge is -2.15. The summed E-state index contributed by atoms with van der Waals surface area (Å²) in [4.78, 5) is 3.06. The Hall–Kier alpha value is -0.770. The van der Waals surface area contributed by atoms with Gasteiger partial charge in [-0.3, -0.25) is 0 Å². The van der Waals surface area contributed by atoms with Gasteiger partial charge in [-0.25, -0.2) is 0 Å². The molecule has 0 amide bonds. The van der Waals surface area contributed by atoms with E-state index in [1.165, 1.54) is 33.9 Å². The summed E-state index contributed by atoms with van der Waals surface area (Å²) in [6.45, 7) is 2.14. The van der Waals surface area contributed by atoms with E-state index in [1.807, 2.05) is 11.3 Å². The summed E-state index contributed by atoms with van der Waals surface area (Å²) in [5.74, 6) is 2.47. The maximum atomic E-state index is 3.47. The molecule has 1 atom stereocenters. The van der Waals surface area contributed by atoms with E-state index in [-0.39, 0.29) is 0 Å². The van der Waals surface area contributed by atoms with Gasteiger partial charge in [-0.15, -0.1) is 11.3 Å². The summed E-state index contributed by atoms with van der Waals surface area (Å²) in [7, 11) is 2.05. The smallest absolute Gasteiger partial charge is 0.0668 e. The van der Waals surface area contributed by atoms with Crippen molar-refractivity contribution in [3.63, 3.8) is 0 Å². The Morgan fingerprint density at radius 3 is 2.68 bits per heavy atom. The van der Waals surface area contributed by atoms with E-state index >= 15 is 0 Å². The first kappa shape index (κ1) is 13.2. The largest absolute Gasteiger partial charge is 0.309 e. The second-order valence-corrected chi connectivity index (χ2v) is 7.31. The Labute approximate surface area is 123 Å². The van der Waals surface area contributed by atoms with E-state index in [1.54, 1.807) is 10.4 Å². The van der Waals surface area contributed by atoms with Crippen LogP contribution in [-0.2, 0) is 12.2 Å². The van der Waals surface area contributed by atoms with Gasteiger partial charge in [0.05, 0.1) is 6.04 Å². The number of aryl methyl sites for hydroxylation is 2. The van der Waals surface area contributed by atoms with Crippen LogP contribution in [0.2, 0.25) is 0 Å². The molecule has 19 heavy (non-hydrogen) atoms. The van der Waals surface area contributed by atoms with Crippen molar-refractivity contribution in [1.82, 2.24) is 5.32 Å². The number of hydrogen-bond acceptors (Lipinski definition) is 3. The van der Waals surface area contributed by atoms with Gasteiger partial charge in [-0.05, 0) is 43.3 Å². The first-order valence-corrected chi connectivity index (χ1v) is 8.68. The summed E-state index contributed by atoms with van der Waals surface area (Å²) >= 11 is 4.05. The summed E-state index contributed by atoms with van der Waals surface area (Å²) in [6.07, 6.45) is 1.25. The highest BCUT2D eigenvalue weighted by atomic mass is 32.2. The third-order valence-electron chi connectivity index (χ3n) is 3.63. The Morgan fingerprint density at radius 1 is 1.21 bits per heavy atom. The molecule has 2 heterocycles. The highest BCUT2D eigenvalue weighted by Crippen LogP contribution is 2.36. The van der Waals surface area contributed by atoms with Crippen molar-refractivity contribution >= 4 is 23.1 Å². The third kappa shape index (κ3) is 2.73. The Bertz CT molecular complexity index is 533. The lowest BCUT2D eigenvalue weighted by molar-refractivity contribution is 0.703. The van der Waals surface area contributed by atoms with Gasteiger partial charge in [0, 0.05) is 15.5 Å². The fourth-order valence-corrected chi connectivity index (χ4v) is 5.06. The molecule has 0 fully saturated rings. The number of hydrogen-bond donors (Lipinski definition) is 1. The molecule has 0 saturated heterocycles. The van der Waals surface area contributed by atoms with Gasteiger partial charge in [0.2, 0.25) is 0 Å². The molecular weight excluding hydrogens is 270 g/mol. The Morgan fingerprint density at radius 2 is 2.00 bits per heavy atom. The fourth-order valence-electron chi connectivity index (χ4n) is 2.54. The minimum Gasteiger partial charge on any atom is -0.309 e. The molecule has 1 aliphatic heterocycles. The molecule has 0 saturated carbocycles. The fraction of sp³-hybridized carbons (Fsp3) is 0.375. The molecule has 3 rings (SSSR count). The van der Waals surface area contributed by atoms with Gasteiger partial charge in [0.1, 0.15) is 0 Å². The van der Waals surface area contributed by atoms with Gasteiger partial charge in [0.25, 0.3) is 0 Å². The van der Waals surface area contributed by atoms with Crippen molar-refractivity contribution in [3.05, 3.63) is 56.8 Å². The first-order valence-electron chi connectivity index (χ1n) is 6.71. The van der Waals surface area contributed by atoms with Crippen LogP contribution in [0.25, 0.3) is 0 Å². The summed E-state index contributed by atoms with van der Waals surface area (Å²) in [6, 6.07) is 11.6. The second kappa shape index (κ2) is 5.70. The van der Waals surface area contributed by atoms with Gasteiger partial charge in [-0.2, -0.15) is 11.8 Å². The van der Waals surface area contributed by atoms with Crippen LogP contribution in [0.3, 0.4) is 0 Å². The van der Waals surface area contributed by atoms with E-state index in [2.05, 4.69) is 61.4 Å². The van der Waals surface area contributed by atoms with Crippen molar-refractivity contribution in [2.75, 3.05) is 12.8 Å². The van der Waals surface area contributed by atoms with Crippen LogP contribution in [0.4, 0.5) is 0 Å². The average Bonchev–Trinajstić information content (AvgIpc) is 2.85. The quantitative estimate of drug-likeness (QED) is 0.911. The van der Waals surface area contributed by atoms with Crippen LogP contribution in [0, 0.1) is 6.92 Å². The summed E-state index contributed by atoms with van der Waals surface area (Å²) < 4.78 is 0. The normalized spacial score (nSPS) is 16.1. The molecule has 1 unspecified atom stereocenters. The van der Waals surface area contributed by atoms with Gasteiger partial charge in [0.15, 0.2) is 0 Å². The molecule has 0 spiro atoms. The number of rotatable bonds is 3. The highest BCUT2D eigenvalue weighted by Gasteiger charge is 2.19. The van der Waals surface area contributed by atoms with Crippen molar-refractivity contribution in [2.45, 2.75) is 25.1 Å². The zero-order valence-electron chi connectivity index (χ0n) is 11.4. The first-order chi connectivity index (χ1) is 9.28. The SMILES string of the molecule is CNC(c1ccc(C)cc1)c1cc2c(s1)CCSC2. The molecule has 1 nitrogen and oxygen atoms in total. The number of thioether (sulfide) groups is 1. The molecule has 100 valence electrons. The Kier molecular flexibility index (Phi) is 3.96. The molecular formula is C16H19NS2. The lowest BCUT2D eigenvalue weighted by Crippen LogP contribution is -2.16. The molecule has 3 heteroatoms.